The number of nitrogens with two attached hydrogens (primary N) is 2. The van der Waals surface area contributed by atoms with Crippen LogP contribution >= 0.6 is 11.8 Å². The molecule has 33 heavy (non-hydrogen) atoms. The summed E-state index contributed by atoms with van der Waals surface area (Å²) in [6.45, 7) is -0.237. The predicted octanol–water partition coefficient (Wildman–Crippen LogP) is -2.41. The first kappa shape index (κ1) is 30.6. The van der Waals surface area contributed by atoms with Gasteiger partial charge in [0.25, 0.3) is 0 Å². The zero-order valence-electron chi connectivity index (χ0n) is 18.6. The molecule has 190 valence electrons. The largest absolute Gasteiger partial charge is 0.481 e. The van der Waals surface area contributed by atoms with Crippen LogP contribution in [0.4, 0.5) is 0 Å². The number of rotatable bonds is 18. The Kier molecular flexibility index (Phi) is 15.9. The summed E-state index contributed by atoms with van der Waals surface area (Å²) in [5, 5.41) is 34.3. The average molecular weight is 494 g/mol. The average Bonchev–Trinajstić information content (AvgIpc) is 2.77. The lowest BCUT2D eigenvalue weighted by Gasteiger charge is -2.25. The standard InChI is InChI=1S/C19H35N5O8S/c1-33-9-7-13(18(30)24-14(19(31)32)5-6-15(26)27)23-17(29)12(4-2-3-8-20)22-16(28)11(21)10-25/h11-14,25H,2-10,20-21H2,1H3,(H,22,28)(H,23,29)(H,24,30)(H,26,27)(H,31,32). The van der Waals surface area contributed by atoms with Crippen LogP contribution in [0.25, 0.3) is 0 Å². The number of hydrogen-bond acceptors (Lipinski definition) is 9. The summed E-state index contributed by atoms with van der Waals surface area (Å²) >= 11 is 1.40. The van der Waals surface area contributed by atoms with Crippen LogP contribution in [-0.4, -0.2) is 94.3 Å². The third-order valence-electron chi connectivity index (χ3n) is 4.62. The molecule has 0 bridgehead atoms. The summed E-state index contributed by atoms with van der Waals surface area (Å²) in [4.78, 5) is 59.7. The molecule has 0 aliphatic heterocycles. The van der Waals surface area contributed by atoms with Crippen molar-refractivity contribution in [3.8, 4) is 0 Å². The summed E-state index contributed by atoms with van der Waals surface area (Å²) in [5.74, 6) is -4.34. The maximum absolute atomic E-state index is 12.9. The molecule has 0 spiro atoms. The summed E-state index contributed by atoms with van der Waals surface area (Å²) in [6.07, 6.45) is 2.47. The van der Waals surface area contributed by atoms with E-state index in [9.17, 15) is 29.1 Å². The molecule has 0 aromatic rings. The van der Waals surface area contributed by atoms with E-state index < -0.39 is 66.9 Å². The van der Waals surface area contributed by atoms with Crippen LogP contribution in [0.1, 0.15) is 38.5 Å². The Labute approximate surface area is 196 Å². The number of amides is 3. The van der Waals surface area contributed by atoms with E-state index in [1.165, 1.54) is 11.8 Å². The van der Waals surface area contributed by atoms with Gasteiger partial charge in [-0.15, -0.1) is 0 Å². The summed E-state index contributed by atoms with van der Waals surface area (Å²) in [5.41, 5.74) is 11.0. The van der Waals surface area contributed by atoms with E-state index in [1.54, 1.807) is 6.26 Å². The highest BCUT2D eigenvalue weighted by atomic mass is 32.2. The van der Waals surface area contributed by atoms with Crippen molar-refractivity contribution in [3.63, 3.8) is 0 Å². The molecular weight excluding hydrogens is 458 g/mol. The molecule has 0 fully saturated rings. The van der Waals surface area contributed by atoms with Crippen molar-refractivity contribution in [2.45, 2.75) is 62.7 Å². The van der Waals surface area contributed by atoms with Gasteiger partial charge in [-0.05, 0) is 50.7 Å². The van der Waals surface area contributed by atoms with E-state index in [1.807, 2.05) is 0 Å². The van der Waals surface area contributed by atoms with Crippen molar-refractivity contribution >= 4 is 41.4 Å². The quantitative estimate of drug-likeness (QED) is 0.0936. The molecule has 4 atom stereocenters. The van der Waals surface area contributed by atoms with Gasteiger partial charge in [-0.2, -0.15) is 11.8 Å². The first-order valence-electron chi connectivity index (χ1n) is 10.5. The lowest BCUT2D eigenvalue weighted by molar-refractivity contribution is -0.143. The van der Waals surface area contributed by atoms with Gasteiger partial charge in [-0.3, -0.25) is 19.2 Å². The number of carboxylic acids is 2. The third-order valence-corrected chi connectivity index (χ3v) is 5.26. The Morgan fingerprint density at radius 1 is 0.848 bits per heavy atom. The second-order valence-corrected chi connectivity index (χ2v) is 8.29. The Bertz CT molecular complexity index is 666. The van der Waals surface area contributed by atoms with Crippen LogP contribution in [0.2, 0.25) is 0 Å². The number of unbranched alkanes of at least 4 members (excludes halogenated alkanes) is 1. The van der Waals surface area contributed by atoms with Crippen molar-refractivity contribution in [3.05, 3.63) is 0 Å². The Morgan fingerprint density at radius 2 is 1.39 bits per heavy atom. The number of aliphatic carboxylic acids is 2. The number of aliphatic hydroxyl groups excluding tert-OH is 1. The van der Waals surface area contributed by atoms with Gasteiger partial charge in [0, 0.05) is 6.42 Å². The maximum Gasteiger partial charge on any atom is 0.326 e. The SMILES string of the molecule is CSCCC(NC(=O)C(CCCCN)NC(=O)C(N)CO)C(=O)NC(CCC(=O)O)C(=O)O. The molecule has 14 heteroatoms. The Morgan fingerprint density at radius 3 is 1.88 bits per heavy atom. The van der Waals surface area contributed by atoms with Crippen LogP contribution in [0.15, 0.2) is 0 Å². The molecule has 0 saturated carbocycles. The van der Waals surface area contributed by atoms with Gasteiger partial charge in [-0.25, -0.2) is 4.79 Å². The molecule has 0 heterocycles. The molecule has 0 rings (SSSR count). The maximum atomic E-state index is 12.9. The number of carbonyl (C=O) groups excluding carboxylic acids is 3. The van der Waals surface area contributed by atoms with E-state index in [0.29, 0.717) is 25.1 Å². The predicted molar refractivity (Wildman–Crippen MR) is 121 cm³/mol. The van der Waals surface area contributed by atoms with Crippen molar-refractivity contribution in [2.24, 2.45) is 11.5 Å². The van der Waals surface area contributed by atoms with Crippen molar-refractivity contribution < 1.29 is 39.3 Å². The zero-order valence-corrected chi connectivity index (χ0v) is 19.4. The number of nitrogens with one attached hydrogen (secondary N) is 3. The monoisotopic (exact) mass is 493 g/mol. The van der Waals surface area contributed by atoms with Gasteiger partial charge in [0.15, 0.2) is 0 Å². The fraction of sp³-hybridized carbons (Fsp3) is 0.737. The second kappa shape index (κ2) is 17.1. The fourth-order valence-electron chi connectivity index (χ4n) is 2.70. The summed E-state index contributed by atoms with van der Waals surface area (Å²) in [7, 11) is 0. The van der Waals surface area contributed by atoms with Crippen LogP contribution in [0.5, 0.6) is 0 Å². The van der Waals surface area contributed by atoms with Gasteiger partial charge in [0.05, 0.1) is 6.61 Å². The second-order valence-electron chi connectivity index (χ2n) is 7.31. The lowest BCUT2D eigenvalue weighted by Crippen LogP contribution is -2.57. The zero-order chi connectivity index (χ0) is 25.4. The fourth-order valence-corrected chi connectivity index (χ4v) is 3.17. The van der Waals surface area contributed by atoms with E-state index >= 15 is 0 Å². The normalized spacial score (nSPS) is 14.4. The van der Waals surface area contributed by atoms with Crippen molar-refractivity contribution in [1.29, 1.82) is 0 Å². The van der Waals surface area contributed by atoms with E-state index in [-0.39, 0.29) is 19.3 Å². The number of hydrogen-bond donors (Lipinski definition) is 8. The molecule has 0 saturated heterocycles. The van der Waals surface area contributed by atoms with Gasteiger partial charge in [-0.1, -0.05) is 0 Å². The van der Waals surface area contributed by atoms with Gasteiger partial charge >= 0.3 is 11.9 Å². The Balaban J connectivity index is 5.40. The van der Waals surface area contributed by atoms with Crippen LogP contribution in [0, 0.1) is 0 Å². The number of aliphatic hydroxyl groups is 1. The summed E-state index contributed by atoms with van der Waals surface area (Å²) < 4.78 is 0. The molecule has 0 radical (unpaired) electrons. The number of carboxylic acid groups (broad SMARTS) is 2. The van der Waals surface area contributed by atoms with E-state index in [0.717, 1.165) is 0 Å². The first-order valence-corrected chi connectivity index (χ1v) is 11.9. The number of carbonyl (C=O) groups is 5. The van der Waals surface area contributed by atoms with Gasteiger partial charge < -0.3 is 42.7 Å². The molecule has 0 aliphatic rings. The highest BCUT2D eigenvalue weighted by Crippen LogP contribution is 2.07. The minimum absolute atomic E-state index is 0.170. The molecule has 10 N–H and O–H groups in total. The van der Waals surface area contributed by atoms with Gasteiger partial charge in [0.1, 0.15) is 24.2 Å². The topological polar surface area (TPSA) is 234 Å². The van der Waals surface area contributed by atoms with Crippen molar-refractivity contribution in [1.82, 2.24) is 16.0 Å². The highest BCUT2D eigenvalue weighted by molar-refractivity contribution is 7.98. The number of thioether (sulfide) groups is 1. The van der Waals surface area contributed by atoms with Crippen LogP contribution < -0.4 is 27.4 Å². The molecule has 4 unspecified atom stereocenters. The molecule has 0 aromatic carbocycles. The van der Waals surface area contributed by atoms with Crippen LogP contribution in [-0.2, 0) is 24.0 Å². The molecule has 3 amide bonds. The summed E-state index contributed by atoms with van der Waals surface area (Å²) in [6, 6.07) is -4.83. The third kappa shape index (κ3) is 13.0. The molecule has 0 aromatic heterocycles. The van der Waals surface area contributed by atoms with Crippen molar-refractivity contribution in [2.75, 3.05) is 25.2 Å². The Hall–Kier alpha value is -2.42. The van der Waals surface area contributed by atoms with Crippen LogP contribution in [0.3, 0.4) is 0 Å². The van der Waals surface area contributed by atoms with E-state index in [4.69, 9.17) is 21.7 Å². The minimum Gasteiger partial charge on any atom is -0.481 e. The molecule has 13 nitrogen and oxygen atoms in total. The first-order chi connectivity index (χ1) is 15.6. The van der Waals surface area contributed by atoms with Gasteiger partial charge in [0.2, 0.25) is 17.7 Å². The molecule has 0 aliphatic carbocycles. The molecular formula is C19H35N5O8S. The van der Waals surface area contributed by atoms with E-state index in [2.05, 4.69) is 16.0 Å². The smallest absolute Gasteiger partial charge is 0.326 e. The minimum atomic E-state index is -1.44. The lowest BCUT2D eigenvalue weighted by atomic mass is 10.1. The highest BCUT2D eigenvalue weighted by Gasteiger charge is 2.30.